The van der Waals surface area contributed by atoms with E-state index < -0.39 is 35.4 Å². The van der Waals surface area contributed by atoms with E-state index in [0.717, 1.165) is 16.8 Å². The zero-order valence-electron chi connectivity index (χ0n) is 20.3. The van der Waals surface area contributed by atoms with Crippen molar-refractivity contribution in [3.05, 3.63) is 57.4 Å². The minimum Gasteiger partial charge on any atom is -0.388 e. The highest BCUT2D eigenvalue weighted by atomic mass is 19.4. The number of fused-ring (bicyclic) bond motifs is 4. The molecule has 2 aliphatic heterocycles. The van der Waals surface area contributed by atoms with Gasteiger partial charge in [-0.05, 0) is 35.8 Å². The summed E-state index contributed by atoms with van der Waals surface area (Å²) in [6, 6.07) is 0.471. The lowest BCUT2D eigenvalue weighted by atomic mass is 9.70. The number of ether oxygens (including phenoxy) is 2. The third-order valence-electron chi connectivity index (χ3n) is 7.46. The molecule has 35 heavy (non-hydrogen) atoms. The molecule has 2 aromatic heterocycles. The first-order chi connectivity index (χ1) is 16.3. The summed E-state index contributed by atoms with van der Waals surface area (Å²) in [6.45, 7) is 8.97. The normalized spacial score (nSPS) is 25.1. The smallest absolute Gasteiger partial charge is 0.388 e. The molecule has 2 atom stereocenters. The van der Waals surface area contributed by atoms with Crippen molar-refractivity contribution >= 4 is 0 Å². The summed E-state index contributed by atoms with van der Waals surface area (Å²) in [5, 5.41) is 11.3. The molecule has 1 spiro atoms. The number of hydrogen-bond donors (Lipinski definition) is 1. The van der Waals surface area contributed by atoms with Crippen LogP contribution in [0.3, 0.4) is 0 Å². The van der Waals surface area contributed by atoms with Gasteiger partial charge in [-0.2, -0.15) is 13.2 Å². The standard InChI is InChI=1S/C26H30F4N2O3/c1-13(2)21-19-20(18-16(32-21)10-24(3,4)11-17(18)33)25(5-7-34-8-6-25)35-23(19)22-15(27)9-14(12-31-22)26(28,29)30/h9,12-13,17,23,33H,5-8,10-11H2,1-4H3/t17?,23-/m0/s1. The number of pyridine rings is 2. The van der Waals surface area contributed by atoms with Gasteiger partial charge in [0.25, 0.3) is 0 Å². The second kappa shape index (κ2) is 8.21. The Hall–Kier alpha value is -2.10. The lowest BCUT2D eigenvalue weighted by Gasteiger charge is -2.40. The molecule has 0 radical (unpaired) electrons. The minimum atomic E-state index is -4.70. The zero-order chi connectivity index (χ0) is 25.3. The Morgan fingerprint density at radius 1 is 1.14 bits per heavy atom. The fraction of sp³-hybridized carbons (Fsp3) is 0.615. The number of alkyl halides is 3. The van der Waals surface area contributed by atoms with Crippen LogP contribution in [0.25, 0.3) is 0 Å². The number of aromatic nitrogens is 2. The van der Waals surface area contributed by atoms with Gasteiger partial charge in [0.2, 0.25) is 0 Å². The average molecular weight is 495 g/mol. The maximum absolute atomic E-state index is 15.2. The molecule has 5 nitrogen and oxygen atoms in total. The lowest BCUT2D eigenvalue weighted by molar-refractivity contribution is -0.138. The number of nitrogens with zero attached hydrogens (tertiary/aromatic N) is 2. The molecule has 9 heteroatoms. The van der Waals surface area contributed by atoms with Gasteiger partial charge in [0.05, 0.1) is 17.3 Å². The SMILES string of the molecule is CC(C)c1nc2c(c3c1[C@@H](c1ncc(C(F)(F)F)cc1F)OC31CCOCC1)C(O)CC(C)(C)C2. The zero-order valence-corrected chi connectivity index (χ0v) is 20.3. The summed E-state index contributed by atoms with van der Waals surface area (Å²) < 4.78 is 66.9. The fourth-order valence-corrected chi connectivity index (χ4v) is 5.93. The monoisotopic (exact) mass is 494 g/mol. The molecule has 1 N–H and O–H groups in total. The van der Waals surface area contributed by atoms with Gasteiger partial charge in [-0.15, -0.1) is 0 Å². The molecule has 4 heterocycles. The average Bonchev–Trinajstić information content (AvgIpc) is 3.05. The van der Waals surface area contributed by atoms with Crippen molar-refractivity contribution in [3.63, 3.8) is 0 Å². The summed E-state index contributed by atoms with van der Waals surface area (Å²) in [5.74, 6) is -1.14. The van der Waals surface area contributed by atoms with Crippen LogP contribution in [0.4, 0.5) is 17.6 Å². The van der Waals surface area contributed by atoms with Gasteiger partial charge >= 0.3 is 6.18 Å². The summed E-state index contributed by atoms with van der Waals surface area (Å²) in [4.78, 5) is 8.89. The number of aliphatic hydroxyl groups is 1. The molecule has 1 saturated heterocycles. The van der Waals surface area contributed by atoms with Gasteiger partial charge in [-0.3, -0.25) is 9.97 Å². The Bertz CT molecular complexity index is 1160. The van der Waals surface area contributed by atoms with E-state index >= 15 is 4.39 Å². The molecule has 0 amide bonds. The molecule has 0 saturated carbocycles. The second-order valence-electron chi connectivity index (χ2n) is 11.1. The quantitative estimate of drug-likeness (QED) is 0.528. The molecule has 1 fully saturated rings. The summed E-state index contributed by atoms with van der Waals surface area (Å²) >= 11 is 0. The van der Waals surface area contributed by atoms with Gasteiger partial charge in [0.15, 0.2) is 0 Å². The van der Waals surface area contributed by atoms with Gasteiger partial charge in [0, 0.05) is 54.8 Å². The third-order valence-corrected chi connectivity index (χ3v) is 7.46. The number of halogens is 4. The second-order valence-corrected chi connectivity index (χ2v) is 11.1. The first kappa shape index (κ1) is 24.6. The van der Waals surface area contributed by atoms with E-state index in [4.69, 9.17) is 14.5 Å². The number of hydrogen-bond acceptors (Lipinski definition) is 5. The van der Waals surface area contributed by atoms with Gasteiger partial charge in [-0.1, -0.05) is 27.7 Å². The van der Waals surface area contributed by atoms with E-state index in [9.17, 15) is 18.3 Å². The topological polar surface area (TPSA) is 64.5 Å². The van der Waals surface area contributed by atoms with Crippen LogP contribution in [-0.2, 0) is 27.7 Å². The molecule has 0 bridgehead atoms. The number of aliphatic hydroxyl groups excluding tert-OH is 1. The molecule has 190 valence electrons. The van der Waals surface area contributed by atoms with Gasteiger partial charge in [-0.25, -0.2) is 4.39 Å². The van der Waals surface area contributed by atoms with Crippen LogP contribution >= 0.6 is 0 Å². The fourth-order valence-electron chi connectivity index (χ4n) is 5.93. The highest BCUT2D eigenvalue weighted by Crippen LogP contribution is 2.57. The van der Waals surface area contributed by atoms with E-state index in [0.29, 0.717) is 62.4 Å². The van der Waals surface area contributed by atoms with Crippen molar-refractivity contribution in [2.45, 2.75) is 83.3 Å². The summed E-state index contributed by atoms with van der Waals surface area (Å²) in [7, 11) is 0. The van der Waals surface area contributed by atoms with E-state index in [2.05, 4.69) is 18.8 Å². The van der Waals surface area contributed by atoms with E-state index in [-0.39, 0.29) is 17.0 Å². The van der Waals surface area contributed by atoms with Crippen molar-refractivity contribution < 1.29 is 32.1 Å². The van der Waals surface area contributed by atoms with Crippen molar-refractivity contribution in [3.8, 4) is 0 Å². The Balaban J connectivity index is 1.77. The van der Waals surface area contributed by atoms with Crippen molar-refractivity contribution in [2.75, 3.05) is 13.2 Å². The first-order valence-corrected chi connectivity index (χ1v) is 12.1. The van der Waals surface area contributed by atoms with Crippen LogP contribution in [0.5, 0.6) is 0 Å². The van der Waals surface area contributed by atoms with Crippen LogP contribution in [0.15, 0.2) is 12.3 Å². The third kappa shape index (κ3) is 4.05. The maximum Gasteiger partial charge on any atom is 0.417 e. The maximum atomic E-state index is 15.2. The first-order valence-electron chi connectivity index (χ1n) is 12.1. The molecule has 3 aliphatic rings. The Morgan fingerprint density at radius 2 is 1.83 bits per heavy atom. The molecular formula is C26H30F4N2O3. The highest BCUT2D eigenvalue weighted by Gasteiger charge is 2.53. The molecule has 0 aromatic carbocycles. The predicted molar refractivity (Wildman–Crippen MR) is 119 cm³/mol. The molecular weight excluding hydrogens is 464 g/mol. The molecule has 5 rings (SSSR count). The molecule has 2 aromatic rings. The van der Waals surface area contributed by atoms with Crippen LogP contribution in [-0.4, -0.2) is 28.3 Å². The largest absolute Gasteiger partial charge is 0.417 e. The van der Waals surface area contributed by atoms with Crippen LogP contribution in [0.1, 0.15) is 104 Å². The van der Waals surface area contributed by atoms with E-state index in [1.165, 1.54) is 0 Å². The Labute approximate surface area is 201 Å². The highest BCUT2D eigenvalue weighted by molar-refractivity contribution is 5.54. The lowest BCUT2D eigenvalue weighted by Crippen LogP contribution is -2.37. The van der Waals surface area contributed by atoms with Gasteiger partial charge < -0.3 is 14.6 Å². The molecule has 1 unspecified atom stereocenters. The summed E-state index contributed by atoms with van der Waals surface area (Å²) in [5.41, 5.74) is 1.33. The van der Waals surface area contributed by atoms with Gasteiger partial charge in [0.1, 0.15) is 17.6 Å². The predicted octanol–water partition coefficient (Wildman–Crippen LogP) is 5.89. The van der Waals surface area contributed by atoms with E-state index in [1.807, 2.05) is 13.8 Å². The summed E-state index contributed by atoms with van der Waals surface area (Å²) in [6.07, 6.45) is -3.66. The van der Waals surface area contributed by atoms with Crippen molar-refractivity contribution in [1.29, 1.82) is 0 Å². The Kier molecular flexibility index (Phi) is 5.77. The molecule has 1 aliphatic carbocycles. The van der Waals surface area contributed by atoms with Crippen molar-refractivity contribution in [1.82, 2.24) is 9.97 Å². The van der Waals surface area contributed by atoms with Crippen LogP contribution < -0.4 is 0 Å². The number of rotatable bonds is 2. The van der Waals surface area contributed by atoms with Crippen LogP contribution in [0.2, 0.25) is 0 Å². The van der Waals surface area contributed by atoms with E-state index in [1.54, 1.807) is 0 Å². The minimum absolute atomic E-state index is 0.0603. The van der Waals surface area contributed by atoms with Crippen LogP contribution in [0, 0.1) is 11.2 Å². The van der Waals surface area contributed by atoms with Crippen molar-refractivity contribution in [2.24, 2.45) is 5.41 Å². The Morgan fingerprint density at radius 3 is 2.43 bits per heavy atom.